The second-order valence-corrected chi connectivity index (χ2v) is 5.01. The van der Waals surface area contributed by atoms with Gasteiger partial charge in [0.1, 0.15) is 5.82 Å². The Balaban J connectivity index is 1.98. The molecule has 0 aliphatic carbocycles. The summed E-state index contributed by atoms with van der Waals surface area (Å²) in [6.45, 7) is 4.45. The molecule has 82 valence electrons. The Morgan fingerprint density at radius 2 is 2.20 bits per heavy atom. The summed E-state index contributed by atoms with van der Waals surface area (Å²) in [5, 5.41) is 0. The third-order valence-electron chi connectivity index (χ3n) is 2.92. The Labute approximate surface area is 98.4 Å². The van der Waals surface area contributed by atoms with Gasteiger partial charge in [-0.05, 0) is 46.5 Å². The van der Waals surface area contributed by atoms with Gasteiger partial charge in [-0.15, -0.1) is 0 Å². The standard InChI is InChI=1S/C12H15BrFN/c1-2-3-9-7-15(8-9)10-4-5-12(14)11(13)6-10/h4-6,9H,2-3,7-8H2,1H3. The Morgan fingerprint density at radius 1 is 1.47 bits per heavy atom. The van der Waals surface area contributed by atoms with Crippen LogP contribution in [0.3, 0.4) is 0 Å². The summed E-state index contributed by atoms with van der Waals surface area (Å²) in [5.41, 5.74) is 1.12. The van der Waals surface area contributed by atoms with E-state index in [1.165, 1.54) is 18.9 Å². The Hall–Kier alpha value is -0.570. The number of halogens is 2. The first-order chi connectivity index (χ1) is 7.20. The predicted molar refractivity (Wildman–Crippen MR) is 64.7 cm³/mol. The minimum atomic E-state index is -0.190. The highest BCUT2D eigenvalue weighted by Gasteiger charge is 2.26. The van der Waals surface area contributed by atoms with Crippen LogP contribution in [0, 0.1) is 11.7 Å². The third kappa shape index (κ3) is 2.33. The van der Waals surface area contributed by atoms with Crippen LogP contribution in [0.5, 0.6) is 0 Å². The molecule has 3 heteroatoms. The SMILES string of the molecule is CCCC1CN(c2ccc(F)c(Br)c2)C1. The highest BCUT2D eigenvalue weighted by atomic mass is 79.9. The zero-order valence-electron chi connectivity index (χ0n) is 8.84. The van der Waals surface area contributed by atoms with Gasteiger partial charge in [-0.25, -0.2) is 4.39 Å². The van der Waals surface area contributed by atoms with Crippen LogP contribution < -0.4 is 4.90 Å². The fraction of sp³-hybridized carbons (Fsp3) is 0.500. The van der Waals surface area contributed by atoms with Crippen molar-refractivity contribution in [3.63, 3.8) is 0 Å². The number of hydrogen-bond donors (Lipinski definition) is 0. The molecule has 1 aromatic carbocycles. The van der Waals surface area contributed by atoms with E-state index in [9.17, 15) is 4.39 Å². The molecule has 15 heavy (non-hydrogen) atoms. The Bertz CT molecular complexity index is 347. The molecular formula is C12H15BrFN. The van der Waals surface area contributed by atoms with Gasteiger partial charge in [0.15, 0.2) is 0 Å². The lowest BCUT2D eigenvalue weighted by Crippen LogP contribution is -2.46. The van der Waals surface area contributed by atoms with Gasteiger partial charge in [0.25, 0.3) is 0 Å². The fourth-order valence-electron chi connectivity index (χ4n) is 2.05. The fourth-order valence-corrected chi connectivity index (χ4v) is 2.42. The lowest BCUT2D eigenvalue weighted by atomic mass is 9.94. The summed E-state index contributed by atoms with van der Waals surface area (Å²) < 4.78 is 13.6. The monoisotopic (exact) mass is 271 g/mol. The first-order valence-corrected chi connectivity index (χ1v) is 6.20. The van der Waals surface area contributed by atoms with Gasteiger partial charge >= 0.3 is 0 Å². The van der Waals surface area contributed by atoms with Crippen molar-refractivity contribution in [1.82, 2.24) is 0 Å². The maximum Gasteiger partial charge on any atom is 0.137 e. The Morgan fingerprint density at radius 3 is 2.80 bits per heavy atom. The first kappa shape index (κ1) is 10.9. The van der Waals surface area contributed by atoms with Crippen LogP contribution in [-0.2, 0) is 0 Å². The van der Waals surface area contributed by atoms with Crippen molar-refractivity contribution < 1.29 is 4.39 Å². The molecule has 2 rings (SSSR count). The molecule has 1 fully saturated rings. The molecule has 1 aliphatic rings. The van der Waals surface area contributed by atoms with Crippen LogP contribution in [-0.4, -0.2) is 13.1 Å². The van der Waals surface area contributed by atoms with Gasteiger partial charge in [-0.2, -0.15) is 0 Å². The smallest absolute Gasteiger partial charge is 0.137 e. The highest BCUT2D eigenvalue weighted by molar-refractivity contribution is 9.10. The average Bonchev–Trinajstić information content (AvgIpc) is 2.16. The maximum absolute atomic E-state index is 13.0. The molecule has 0 amide bonds. The van der Waals surface area contributed by atoms with E-state index in [2.05, 4.69) is 27.8 Å². The van der Waals surface area contributed by atoms with Crippen LogP contribution in [0.25, 0.3) is 0 Å². The number of rotatable bonds is 3. The lowest BCUT2D eigenvalue weighted by molar-refractivity contribution is 0.380. The topological polar surface area (TPSA) is 3.24 Å². The van der Waals surface area contributed by atoms with Crippen LogP contribution in [0.15, 0.2) is 22.7 Å². The van der Waals surface area contributed by atoms with Gasteiger partial charge in [0, 0.05) is 18.8 Å². The van der Waals surface area contributed by atoms with E-state index < -0.39 is 0 Å². The van der Waals surface area contributed by atoms with E-state index in [-0.39, 0.29) is 5.82 Å². The molecule has 0 spiro atoms. The summed E-state index contributed by atoms with van der Waals surface area (Å²) in [6, 6.07) is 5.23. The van der Waals surface area contributed by atoms with Crippen LogP contribution >= 0.6 is 15.9 Å². The second kappa shape index (κ2) is 4.52. The van der Waals surface area contributed by atoms with E-state index in [0.29, 0.717) is 4.47 Å². The van der Waals surface area contributed by atoms with Crippen molar-refractivity contribution in [2.24, 2.45) is 5.92 Å². The highest BCUT2D eigenvalue weighted by Crippen LogP contribution is 2.30. The zero-order chi connectivity index (χ0) is 10.8. The number of anilines is 1. The van der Waals surface area contributed by atoms with Crippen molar-refractivity contribution in [3.05, 3.63) is 28.5 Å². The van der Waals surface area contributed by atoms with Crippen molar-refractivity contribution >= 4 is 21.6 Å². The van der Waals surface area contributed by atoms with Gasteiger partial charge < -0.3 is 4.90 Å². The molecule has 1 heterocycles. The molecule has 1 nitrogen and oxygen atoms in total. The normalized spacial score (nSPS) is 16.6. The van der Waals surface area contributed by atoms with E-state index in [4.69, 9.17) is 0 Å². The predicted octanol–water partition coefficient (Wildman–Crippen LogP) is 3.82. The quantitative estimate of drug-likeness (QED) is 0.808. The van der Waals surface area contributed by atoms with Crippen molar-refractivity contribution in [1.29, 1.82) is 0 Å². The third-order valence-corrected chi connectivity index (χ3v) is 3.53. The average molecular weight is 272 g/mol. The zero-order valence-corrected chi connectivity index (χ0v) is 10.4. The van der Waals surface area contributed by atoms with Gasteiger partial charge in [-0.1, -0.05) is 13.3 Å². The van der Waals surface area contributed by atoms with Crippen LogP contribution in [0.1, 0.15) is 19.8 Å². The summed E-state index contributed by atoms with van der Waals surface area (Å²) in [4.78, 5) is 2.30. The molecule has 1 saturated heterocycles. The molecular weight excluding hydrogens is 257 g/mol. The second-order valence-electron chi connectivity index (χ2n) is 4.16. The van der Waals surface area contributed by atoms with Gasteiger partial charge in [0.2, 0.25) is 0 Å². The molecule has 0 saturated carbocycles. The molecule has 0 radical (unpaired) electrons. The molecule has 0 unspecified atom stereocenters. The van der Waals surface area contributed by atoms with Gasteiger partial charge in [-0.3, -0.25) is 0 Å². The van der Waals surface area contributed by atoms with Crippen LogP contribution in [0.2, 0.25) is 0 Å². The van der Waals surface area contributed by atoms with E-state index in [1.54, 1.807) is 0 Å². The van der Waals surface area contributed by atoms with E-state index in [1.807, 2.05) is 12.1 Å². The molecule has 0 atom stereocenters. The minimum Gasteiger partial charge on any atom is -0.371 e. The first-order valence-electron chi connectivity index (χ1n) is 5.40. The number of hydrogen-bond acceptors (Lipinski definition) is 1. The molecule has 1 aliphatic heterocycles. The molecule has 0 N–H and O–H groups in total. The minimum absolute atomic E-state index is 0.190. The largest absolute Gasteiger partial charge is 0.371 e. The maximum atomic E-state index is 13.0. The molecule has 1 aromatic rings. The summed E-state index contributed by atoms with van der Waals surface area (Å²) in [6.07, 6.45) is 2.56. The number of nitrogens with zero attached hydrogens (tertiary/aromatic N) is 1. The summed E-state index contributed by atoms with van der Waals surface area (Å²) in [5.74, 6) is 0.642. The molecule has 0 aromatic heterocycles. The van der Waals surface area contributed by atoms with Crippen molar-refractivity contribution in [2.45, 2.75) is 19.8 Å². The van der Waals surface area contributed by atoms with Crippen molar-refractivity contribution in [2.75, 3.05) is 18.0 Å². The van der Waals surface area contributed by atoms with Gasteiger partial charge in [0.05, 0.1) is 4.47 Å². The van der Waals surface area contributed by atoms with Crippen LogP contribution in [0.4, 0.5) is 10.1 Å². The van der Waals surface area contributed by atoms with E-state index >= 15 is 0 Å². The Kier molecular flexibility index (Phi) is 3.29. The number of benzene rings is 1. The lowest BCUT2D eigenvalue weighted by Gasteiger charge is -2.41. The molecule has 0 bridgehead atoms. The summed E-state index contributed by atoms with van der Waals surface area (Å²) in [7, 11) is 0. The summed E-state index contributed by atoms with van der Waals surface area (Å²) >= 11 is 3.21. The van der Waals surface area contributed by atoms with Crippen molar-refractivity contribution in [3.8, 4) is 0 Å². The van der Waals surface area contributed by atoms with E-state index in [0.717, 1.165) is 24.7 Å².